The highest BCUT2D eigenvalue weighted by molar-refractivity contribution is 5.81. The topological polar surface area (TPSA) is 88.7 Å². The van der Waals surface area contributed by atoms with Crippen molar-refractivity contribution in [2.75, 3.05) is 26.1 Å². The fourth-order valence-corrected chi connectivity index (χ4v) is 2.73. The van der Waals surface area contributed by atoms with Crippen LogP contribution in [0.25, 0.3) is 0 Å². The quantitative estimate of drug-likeness (QED) is 0.571. The molecule has 7 heteroatoms. The van der Waals surface area contributed by atoms with Gasteiger partial charge in [-0.1, -0.05) is 18.2 Å². The summed E-state index contributed by atoms with van der Waals surface area (Å²) in [6, 6.07) is 13.1. The minimum absolute atomic E-state index is 0.00440. The Bertz CT molecular complexity index is 819. The second kappa shape index (κ2) is 10.9. The smallest absolute Gasteiger partial charge is 0.239 e. The standard InChI is InChI=1S/C22H29N3O4/c1-15(2)25-21(26)12-16-5-8-18(9-6-16)23-14-22(27)24-13-17-7-10-19(28-3)20(11-17)29-4/h5-11,15,23H,12-14H2,1-4H3,(H,24,27)(H,25,26). The average molecular weight is 399 g/mol. The second-order valence-corrected chi connectivity index (χ2v) is 6.92. The Morgan fingerprint density at radius 1 is 0.897 bits per heavy atom. The Hall–Kier alpha value is -3.22. The normalized spacial score (nSPS) is 10.4. The van der Waals surface area contributed by atoms with E-state index in [4.69, 9.17) is 9.47 Å². The van der Waals surface area contributed by atoms with Crippen LogP contribution in [-0.4, -0.2) is 38.6 Å². The van der Waals surface area contributed by atoms with Gasteiger partial charge in [-0.05, 0) is 49.2 Å². The molecule has 2 aromatic carbocycles. The van der Waals surface area contributed by atoms with Crippen molar-refractivity contribution in [2.45, 2.75) is 32.9 Å². The lowest BCUT2D eigenvalue weighted by Crippen LogP contribution is -2.31. The summed E-state index contributed by atoms with van der Waals surface area (Å²) < 4.78 is 10.5. The van der Waals surface area contributed by atoms with Gasteiger partial charge >= 0.3 is 0 Å². The van der Waals surface area contributed by atoms with Crippen LogP contribution >= 0.6 is 0 Å². The van der Waals surface area contributed by atoms with Crippen molar-refractivity contribution in [3.8, 4) is 11.5 Å². The number of carbonyl (C=O) groups excluding carboxylic acids is 2. The van der Waals surface area contributed by atoms with Crippen LogP contribution in [-0.2, 0) is 22.6 Å². The van der Waals surface area contributed by atoms with Crippen LogP contribution in [0.2, 0.25) is 0 Å². The molecule has 0 heterocycles. The average Bonchev–Trinajstić information content (AvgIpc) is 2.70. The summed E-state index contributed by atoms with van der Waals surface area (Å²) in [4.78, 5) is 23.9. The number of hydrogen-bond donors (Lipinski definition) is 3. The van der Waals surface area contributed by atoms with Crippen molar-refractivity contribution in [3.05, 3.63) is 53.6 Å². The molecule has 0 spiro atoms. The highest BCUT2D eigenvalue weighted by atomic mass is 16.5. The molecule has 2 amide bonds. The Morgan fingerprint density at radius 3 is 2.17 bits per heavy atom. The van der Waals surface area contributed by atoms with Gasteiger partial charge in [-0.2, -0.15) is 0 Å². The summed E-state index contributed by atoms with van der Waals surface area (Å²) in [5.41, 5.74) is 2.66. The minimum atomic E-state index is -0.125. The van der Waals surface area contributed by atoms with E-state index in [0.29, 0.717) is 24.5 Å². The van der Waals surface area contributed by atoms with Crippen molar-refractivity contribution in [1.29, 1.82) is 0 Å². The Balaban J connectivity index is 1.78. The number of carbonyl (C=O) groups is 2. The van der Waals surface area contributed by atoms with Crippen molar-refractivity contribution in [2.24, 2.45) is 0 Å². The van der Waals surface area contributed by atoms with Gasteiger partial charge in [-0.25, -0.2) is 0 Å². The van der Waals surface area contributed by atoms with Gasteiger partial charge in [0.15, 0.2) is 11.5 Å². The number of amides is 2. The molecule has 0 aromatic heterocycles. The van der Waals surface area contributed by atoms with Gasteiger partial charge < -0.3 is 25.4 Å². The highest BCUT2D eigenvalue weighted by Crippen LogP contribution is 2.27. The molecular weight excluding hydrogens is 370 g/mol. The molecule has 2 aromatic rings. The van der Waals surface area contributed by atoms with E-state index in [-0.39, 0.29) is 24.4 Å². The maximum absolute atomic E-state index is 12.1. The van der Waals surface area contributed by atoms with Crippen LogP contribution in [0.3, 0.4) is 0 Å². The number of methoxy groups -OCH3 is 2. The second-order valence-electron chi connectivity index (χ2n) is 6.92. The van der Waals surface area contributed by atoms with E-state index < -0.39 is 0 Å². The first-order valence-corrected chi connectivity index (χ1v) is 9.51. The Labute approximate surface area is 171 Å². The van der Waals surface area contributed by atoms with Gasteiger partial charge in [-0.15, -0.1) is 0 Å². The first-order valence-electron chi connectivity index (χ1n) is 9.51. The van der Waals surface area contributed by atoms with Crippen molar-refractivity contribution < 1.29 is 19.1 Å². The molecule has 0 aliphatic rings. The van der Waals surface area contributed by atoms with E-state index >= 15 is 0 Å². The zero-order valence-corrected chi connectivity index (χ0v) is 17.4. The maximum Gasteiger partial charge on any atom is 0.239 e. The SMILES string of the molecule is COc1ccc(CNC(=O)CNc2ccc(CC(=O)NC(C)C)cc2)cc1OC. The lowest BCUT2D eigenvalue weighted by atomic mass is 10.1. The molecular formula is C22H29N3O4. The largest absolute Gasteiger partial charge is 0.493 e. The first kappa shape index (κ1) is 22.1. The number of hydrogen-bond acceptors (Lipinski definition) is 5. The lowest BCUT2D eigenvalue weighted by Gasteiger charge is -2.11. The number of nitrogens with one attached hydrogen (secondary N) is 3. The van der Waals surface area contributed by atoms with Crippen LogP contribution in [0.15, 0.2) is 42.5 Å². The van der Waals surface area contributed by atoms with Gasteiger partial charge in [0.25, 0.3) is 0 Å². The molecule has 0 saturated heterocycles. The van der Waals surface area contributed by atoms with Crippen LogP contribution in [0, 0.1) is 0 Å². The summed E-state index contributed by atoms with van der Waals surface area (Å²) in [7, 11) is 3.16. The lowest BCUT2D eigenvalue weighted by molar-refractivity contribution is -0.121. The Kier molecular flexibility index (Phi) is 8.33. The van der Waals surface area contributed by atoms with Gasteiger partial charge in [0, 0.05) is 18.3 Å². The summed E-state index contributed by atoms with van der Waals surface area (Å²) in [5, 5.41) is 8.80. The summed E-state index contributed by atoms with van der Waals surface area (Å²) >= 11 is 0. The number of benzene rings is 2. The molecule has 2 rings (SSSR count). The molecule has 7 nitrogen and oxygen atoms in total. The molecule has 0 bridgehead atoms. The molecule has 0 radical (unpaired) electrons. The van der Waals surface area contributed by atoms with E-state index in [9.17, 15) is 9.59 Å². The highest BCUT2D eigenvalue weighted by Gasteiger charge is 2.07. The third kappa shape index (κ3) is 7.37. The van der Waals surface area contributed by atoms with E-state index in [1.54, 1.807) is 14.2 Å². The van der Waals surface area contributed by atoms with Crippen molar-refractivity contribution in [1.82, 2.24) is 10.6 Å². The predicted octanol–water partition coefficient (Wildman–Crippen LogP) is 2.50. The van der Waals surface area contributed by atoms with Crippen LogP contribution in [0.4, 0.5) is 5.69 Å². The first-order chi connectivity index (χ1) is 13.9. The molecule has 0 aliphatic heterocycles. The fraction of sp³-hybridized carbons (Fsp3) is 0.364. The van der Waals surface area contributed by atoms with Gasteiger partial charge in [-0.3, -0.25) is 9.59 Å². The van der Waals surface area contributed by atoms with Crippen LogP contribution in [0.5, 0.6) is 11.5 Å². The minimum Gasteiger partial charge on any atom is -0.493 e. The third-order valence-electron chi connectivity index (χ3n) is 4.16. The monoisotopic (exact) mass is 399 g/mol. The Morgan fingerprint density at radius 2 is 1.55 bits per heavy atom. The summed E-state index contributed by atoms with van der Waals surface area (Å²) in [5.74, 6) is 1.14. The van der Waals surface area contributed by atoms with Crippen LogP contribution < -0.4 is 25.4 Å². The zero-order valence-electron chi connectivity index (χ0n) is 17.4. The molecule has 0 saturated carbocycles. The van der Waals surface area contributed by atoms with E-state index in [1.807, 2.05) is 56.3 Å². The molecule has 0 aliphatic carbocycles. The number of rotatable bonds is 10. The van der Waals surface area contributed by atoms with Crippen molar-refractivity contribution >= 4 is 17.5 Å². The van der Waals surface area contributed by atoms with Gasteiger partial charge in [0.1, 0.15) is 0 Å². The molecule has 29 heavy (non-hydrogen) atoms. The number of ether oxygens (including phenoxy) is 2. The summed E-state index contributed by atoms with van der Waals surface area (Å²) in [6.07, 6.45) is 0.338. The van der Waals surface area contributed by atoms with Crippen molar-refractivity contribution in [3.63, 3.8) is 0 Å². The summed E-state index contributed by atoms with van der Waals surface area (Å²) in [6.45, 7) is 4.41. The molecule has 0 atom stereocenters. The zero-order chi connectivity index (χ0) is 21.2. The van der Waals surface area contributed by atoms with Gasteiger partial charge in [0.2, 0.25) is 11.8 Å². The molecule has 0 unspecified atom stereocenters. The molecule has 0 fully saturated rings. The molecule has 3 N–H and O–H groups in total. The maximum atomic E-state index is 12.1. The fourth-order valence-electron chi connectivity index (χ4n) is 2.73. The van der Waals surface area contributed by atoms with Gasteiger partial charge in [0.05, 0.1) is 27.2 Å². The number of anilines is 1. The molecule has 156 valence electrons. The van der Waals surface area contributed by atoms with E-state index in [1.165, 1.54) is 0 Å². The van der Waals surface area contributed by atoms with E-state index in [2.05, 4.69) is 16.0 Å². The van der Waals surface area contributed by atoms with E-state index in [0.717, 1.165) is 16.8 Å². The predicted molar refractivity (Wildman–Crippen MR) is 113 cm³/mol. The third-order valence-corrected chi connectivity index (χ3v) is 4.16. The van der Waals surface area contributed by atoms with Crippen LogP contribution in [0.1, 0.15) is 25.0 Å².